The number of aromatic amines is 1. The third-order valence-electron chi connectivity index (χ3n) is 5.99. The molecule has 4 aromatic rings. The molecule has 6 nitrogen and oxygen atoms in total. The van der Waals surface area contributed by atoms with E-state index < -0.39 is 0 Å². The Bertz CT molecular complexity index is 1200. The first-order valence-electron chi connectivity index (χ1n) is 10.7. The first-order chi connectivity index (χ1) is 15.2. The van der Waals surface area contributed by atoms with Crippen molar-refractivity contribution in [1.82, 2.24) is 19.9 Å². The van der Waals surface area contributed by atoms with Crippen LogP contribution in [0.4, 0.5) is 5.69 Å². The lowest BCUT2D eigenvalue weighted by atomic mass is 10.0. The normalized spacial score (nSPS) is 16.6. The lowest BCUT2D eigenvalue weighted by Gasteiger charge is -2.19. The van der Waals surface area contributed by atoms with Crippen molar-refractivity contribution in [3.05, 3.63) is 78.4 Å². The molecule has 0 aliphatic carbocycles. The fourth-order valence-corrected chi connectivity index (χ4v) is 4.20. The number of rotatable bonds is 5. The quantitative estimate of drug-likeness (QED) is 0.492. The molecule has 6 heteroatoms. The number of likely N-dealkylation sites (tertiary alicyclic amines) is 1. The van der Waals surface area contributed by atoms with Gasteiger partial charge in [0.05, 0.1) is 17.6 Å². The fraction of sp³-hybridized carbons (Fsp3) is 0.240. The predicted octanol–water partition coefficient (Wildman–Crippen LogP) is 4.86. The number of pyridine rings is 1. The highest BCUT2D eigenvalue weighted by molar-refractivity contribution is 6.05. The molecule has 0 spiro atoms. The molecule has 0 radical (unpaired) electrons. The summed E-state index contributed by atoms with van der Waals surface area (Å²) < 4.78 is 0. The minimum atomic E-state index is -0.133. The van der Waals surface area contributed by atoms with Gasteiger partial charge in [-0.25, -0.2) is 4.98 Å². The second kappa shape index (κ2) is 8.32. The summed E-state index contributed by atoms with van der Waals surface area (Å²) in [5, 5.41) is 2.99. The van der Waals surface area contributed by atoms with Gasteiger partial charge in [-0.05, 0) is 79.9 Å². The summed E-state index contributed by atoms with van der Waals surface area (Å²) in [6.07, 6.45) is 6.03. The Morgan fingerprint density at radius 2 is 1.87 bits per heavy atom. The van der Waals surface area contributed by atoms with Crippen LogP contribution in [0.15, 0.2) is 67.0 Å². The van der Waals surface area contributed by atoms with Crippen LogP contribution >= 0.6 is 0 Å². The maximum Gasteiger partial charge on any atom is 0.255 e. The monoisotopic (exact) mass is 411 g/mol. The van der Waals surface area contributed by atoms with Gasteiger partial charge in [-0.15, -0.1) is 0 Å². The van der Waals surface area contributed by atoms with Gasteiger partial charge in [0.1, 0.15) is 5.82 Å². The van der Waals surface area contributed by atoms with Crippen molar-refractivity contribution in [2.75, 3.05) is 11.9 Å². The van der Waals surface area contributed by atoms with Crippen LogP contribution in [0.2, 0.25) is 0 Å². The molecule has 2 N–H and O–H groups in total. The van der Waals surface area contributed by atoms with E-state index in [0.29, 0.717) is 11.6 Å². The van der Waals surface area contributed by atoms with E-state index in [0.717, 1.165) is 46.8 Å². The number of carbonyl (C=O) groups is 1. The summed E-state index contributed by atoms with van der Waals surface area (Å²) in [6.45, 7) is 4.23. The van der Waals surface area contributed by atoms with Crippen LogP contribution in [0, 0.1) is 0 Å². The molecule has 1 atom stereocenters. The van der Waals surface area contributed by atoms with Crippen LogP contribution in [0.25, 0.3) is 22.2 Å². The van der Waals surface area contributed by atoms with E-state index in [9.17, 15) is 4.79 Å². The van der Waals surface area contributed by atoms with Crippen LogP contribution < -0.4 is 5.32 Å². The number of hydrogen-bond acceptors (Lipinski definition) is 4. The van der Waals surface area contributed by atoms with Gasteiger partial charge in [-0.3, -0.25) is 14.7 Å². The topological polar surface area (TPSA) is 73.9 Å². The van der Waals surface area contributed by atoms with E-state index >= 15 is 0 Å². The fourth-order valence-electron chi connectivity index (χ4n) is 4.20. The molecule has 3 heterocycles. The molecule has 1 fully saturated rings. The lowest BCUT2D eigenvalue weighted by molar-refractivity contribution is 0.102. The first kappa shape index (κ1) is 19.5. The Morgan fingerprint density at radius 3 is 2.61 bits per heavy atom. The summed E-state index contributed by atoms with van der Waals surface area (Å²) in [5.74, 6) is 0.838. The molecule has 5 rings (SSSR count). The Hall–Kier alpha value is -3.51. The second-order valence-corrected chi connectivity index (χ2v) is 8.14. The van der Waals surface area contributed by atoms with Crippen molar-refractivity contribution in [1.29, 1.82) is 0 Å². The molecule has 1 unspecified atom stereocenters. The molecule has 1 aliphatic heterocycles. The number of benzene rings is 2. The number of fused-ring (bicyclic) bond motifs is 1. The smallest absolute Gasteiger partial charge is 0.255 e. The number of carbonyl (C=O) groups excluding carboxylic acids is 1. The highest BCUT2D eigenvalue weighted by atomic mass is 16.1. The number of aromatic nitrogens is 3. The SMILES string of the molecule is CC1CCCN1Cc1nc2ccc(NC(=O)c3ccc(-c4ccncc4)cc3)cc2[nH]1. The number of amides is 1. The maximum atomic E-state index is 12.7. The Kier molecular flexibility index (Phi) is 5.22. The van der Waals surface area contributed by atoms with Gasteiger partial charge in [0.15, 0.2) is 0 Å². The highest BCUT2D eigenvalue weighted by Gasteiger charge is 2.21. The largest absolute Gasteiger partial charge is 0.341 e. The Balaban J connectivity index is 1.29. The molecule has 1 saturated heterocycles. The zero-order valence-corrected chi connectivity index (χ0v) is 17.5. The van der Waals surface area contributed by atoms with E-state index in [4.69, 9.17) is 4.98 Å². The van der Waals surface area contributed by atoms with E-state index in [1.807, 2.05) is 54.6 Å². The van der Waals surface area contributed by atoms with Gasteiger partial charge in [-0.2, -0.15) is 0 Å². The standard InChI is InChI=1S/C25H25N5O/c1-17-3-2-14-30(17)16-24-28-22-9-8-21(15-23(22)29-24)27-25(31)20-6-4-18(5-7-20)19-10-12-26-13-11-19/h4-13,15,17H,2-3,14,16H2,1H3,(H,27,31)(H,28,29). The summed E-state index contributed by atoms with van der Waals surface area (Å²) >= 11 is 0. The molecule has 1 amide bonds. The van der Waals surface area contributed by atoms with Crippen molar-refractivity contribution >= 4 is 22.6 Å². The second-order valence-electron chi connectivity index (χ2n) is 8.14. The molecular weight excluding hydrogens is 386 g/mol. The van der Waals surface area contributed by atoms with Crippen molar-refractivity contribution in [3.8, 4) is 11.1 Å². The van der Waals surface area contributed by atoms with E-state index in [2.05, 4.69) is 27.1 Å². The van der Waals surface area contributed by atoms with Gasteiger partial charge < -0.3 is 10.3 Å². The number of hydrogen-bond donors (Lipinski definition) is 2. The van der Waals surface area contributed by atoms with Crippen molar-refractivity contribution in [2.24, 2.45) is 0 Å². The zero-order valence-electron chi connectivity index (χ0n) is 17.5. The van der Waals surface area contributed by atoms with E-state index in [1.54, 1.807) is 12.4 Å². The highest BCUT2D eigenvalue weighted by Crippen LogP contribution is 2.23. The summed E-state index contributed by atoms with van der Waals surface area (Å²) in [6, 6.07) is 17.9. The lowest BCUT2D eigenvalue weighted by Crippen LogP contribution is -2.26. The van der Waals surface area contributed by atoms with Crippen molar-refractivity contribution in [2.45, 2.75) is 32.4 Å². The third-order valence-corrected chi connectivity index (χ3v) is 5.99. The van der Waals surface area contributed by atoms with Crippen molar-refractivity contribution in [3.63, 3.8) is 0 Å². The Labute approximate surface area is 181 Å². The average Bonchev–Trinajstić information content (AvgIpc) is 3.39. The number of imidazole rings is 1. The van der Waals surface area contributed by atoms with Crippen LogP contribution in [0.5, 0.6) is 0 Å². The maximum absolute atomic E-state index is 12.7. The molecular formula is C25H25N5O. The third kappa shape index (κ3) is 4.20. The van der Waals surface area contributed by atoms with Gasteiger partial charge in [-0.1, -0.05) is 12.1 Å². The number of anilines is 1. The molecule has 0 saturated carbocycles. The van der Waals surface area contributed by atoms with E-state index in [-0.39, 0.29) is 5.91 Å². The van der Waals surface area contributed by atoms with Gasteiger partial charge >= 0.3 is 0 Å². The predicted molar refractivity (Wildman–Crippen MR) is 123 cm³/mol. The molecule has 0 bridgehead atoms. The first-order valence-corrected chi connectivity index (χ1v) is 10.7. The zero-order chi connectivity index (χ0) is 21.2. The summed E-state index contributed by atoms with van der Waals surface area (Å²) in [5.41, 5.74) is 5.35. The molecule has 156 valence electrons. The summed E-state index contributed by atoms with van der Waals surface area (Å²) in [4.78, 5) is 27.3. The molecule has 1 aliphatic rings. The minimum absolute atomic E-state index is 0.133. The van der Waals surface area contributed by atoms with Crippen LogP contribution in [-0.2, 0) is 6.54 Å². The van der Waals surface area contributed by atoms with Gasteiger partial charge in [0.2, 0.25) is 0 Å². The molecule has 2 aromatic heterocycles. The van der Waals surface area contributed by atoms with Crippen LogP contribution in [0.1, 0.15) is 35.9 Å². The average molecular weight is 412 g/mol. The molecule has 2 aromatic carbocycles. The van der Waals surface area contributed by atoms with Gasteiger partial charge in [0, 0.05) is 29.7 Å². The van der Waals surface area contributed by atoms with Crippen LogP contribution in [0.3, 0.4) is 0 Å². The Morgan fingerprint density at radius 1 is 1.10 bits per heavy atom. The van der Waals surface area contributed by atoms with Crippen LogP contribution in [-0.4, -0.2) is 38.3 Å². The number of nitrogens with one attached hydrogen (secondary N) is 2. The van der Waals surface area contributed by atoms with E-state index in [1.165, 1.54) is 12.8 Å². The molecule has 31 heavy (non-hydrogen) atoms. The van der Waals surface area contributed by atoms with Crippen molar-refractivity contribution < 1.29 is 4.79 Å². The summed E-state index contributed by atoms with van der Waals surface area (Å²) in [7, 11) is 0. The van der Waals surface area contributed by atoms with Gasteiger partial charge in [0.25, 0.3) is 5.91 Å². The minimum Gasteiger partial charge on any atom is -0.341 e. The number of H-pyrrole nitrogens is 1. The number of nitrogens with zero attached hydrogens (tertiary/aromatic N) is 3.